The SMILES string of the molecule is COc1cccc(-c2cccc(C(=O)Nc3ccc4c(c3)C(=O)NCC4)c2)n1. The molecule has 0 bridgehead atoms. The fourth-order valence-electron chi connectivity index (χ4n) is 3.20. The molecule has 1 aliphatic rings. The maximum atomic E-state index is 12.7. The molecule has 0 atom stereocenters. The Morgan fingerprint density at radius 3 is 2.82 bits per heavy atom. The van der Waals surface area contributed by atoms with Gasteiger partial charge in [-0.05, 0) is 42.3 Å². The molecule has 6 nitrogen and oxygen atoms in total. The van der Waals surface area contributed by atoms with Crippen molar-refractivity contribution in [1.29, 1.82) is 0 Å². The van der Waals surface area contributed by atoms with Crippen LogP contribution in [0.25, 0.3) is 11.3 Å². The minimum absolute atomic E-state index is 0.108. The lowest BCUT2D eigenvalue weighted by atomic mass is 9.99. The molecule has 0 aliphatic carbocycles. The van der Waals surface area contributed by atoms with Gasteiger partial charge < -0.3 is 15.4 Å². The van der Waals surface area contributed by atoms with E-state index < -0.39 is 0 Å². The Kier molecular flexibility index (Phi) is 4.76. The van der Waals surface area contributed by atoms with E-state index in [1.54, 1.807) is 31.4 Å². The average molecular weight is 373 g/mol. The first-order valence-corrected chi connectivity index (χ1v) is 8.98. The summed E-state index contributed by atoms with van der Waals surface area (Å²) in [4.78, 5) is 29.1. The first-order valence-electron chi connectivity index (χ1n) is 8.98. The van der Waals surface area contributed by atoms with Crippen LogP contribution in [0.3, 0.4) is 0 Å². The topological polar surface area (TPSA) is 80.3 Å². The van der Waals surface area contributed by atoms with Gasteiger partial charge in [0.05, 0.1) is 12.8 Å². The number of pyridine rings is 1. The molecule has 140 valence electrons. The van der Waals surface area contributed by atoms with Crippen molar-refractivity contribution in [2.45, 2.75) is 6.42 Å². The molecule has 3 aromatic rings. The van der Waals surface area contributed by atoms with Gasteiger partial charge in [0, 0.05) is 35.0 Å². The van der Waals surface area contributed by atoms with E-state index in [9.17, 15) is 9.59 Å². The number of hydrogen-bond donors (Lipinski definition) is 2. The highest BCUT2D eigenvalue weighted by Gasteiger charge is 2.17. The van der Waals surface area contributed by atoms with E-state index in [2.05, 4.69) is 15.6 Å². The second-order valence-corrected chi connectivity index (χ2v) is 6.48. The molecule has 1 aromatic heterocycles. The van der Waals surface area contributed by atoms with Gasteiger partial charge in [0.25, 0.3) is 11.8 Å². The molecule has 0 saturated heterocycles. The molecule has 2 heterocycles. The molecule has 28 heavy (non-hydrogen) atoms. The van der Waals surface area contributed by atoms with Crippen LogP contribution in [0.1, 0.15) is 26.3 Å². The maximum absolute atomic E-state index is 12.7. The van der Waals surface area contributed by atoms with Crippen LogP contribution in [0, 0.1) is 0 Å². The molecule has 1 aliphatic heterocycles. The first-order chi connectivity index (χ1) is 13.6. The number of hydrogen-bond acceptors (Lipinski definition) is 4. The lowest BCUT2D eigenvalue weighted by Crippen LogP contribution is -2.31. The van der Waals surface area contributed by atoms with Gasteiger partial charge in [0.2, 0.25) is 5.88 Å². The van der Waals surface area contributed by atoms with Gasteiger partial charge in [-0.25, -0.2) is 4.98 Å². The number of carbonyl (C=O) groups excluding carboxylic acids is 2. The van der Waals surface area contributed by atoms with Gasteiger partial charge in [-0.15, -0.1) is 0 Å². The molecule has 2 aromatic carbocycles. The smallest absolute Gasteiger partial charge is 0.255 e. The zero-order valence-corrected chi connectivity index (χ0v) is 15.4. The number of benzene rings is 2. The lowest BCUT2D eigenvalue weighted by molar-refractivity contribution is 0.0944. The Morgan fingerprint density at radius 1 is 1.11 bits per heavy atom. The van der Waals surface area contributed by atoms with Crippen LogP contribution < -0.4 is 15.4 Å². The fraction of sp³-hybridized carbons (Fsp3) is 0.136. The van der Waals surface area contributed by atoms with Crippen LogP contribution >= 0.6 is 0 Å². The van der Waals surface area contributed by atoms with Crippen molar-refractivity contribution in [1.82, 2.24) is 10.3 Å². The Morgan fingerprint density at radius 2 is 1.96 bits per heavy atom. The van der Waals surface area contributed by atoms with E-state index in [0.717, 1.165) is 23.2 Å². The average Bonchev–Trinajstić information content (AvgIpc) is 2.74. The predicted octanol–water partition coefficient (Wildman–Crippen LogP) is 3.30. The fourth-order valence-corrected chi connectivity index (χ4v) is 3.20. The van der Waals surface area contributed by atoms with Crippen molar-refractivity contribution in [3.05, 3.63) is 77.4 Å². The zero-order chi connectivity index (χ0) is 19.5. The van der Waals surface area contributed by atoms with Crippen molar-refractivity contribution in [2.24, 2.45) is 0 Å². The van der Waals surface area contributed by atoms with Crippen LogP contribution in [0.15, 0.2) is 60.7 Å². The Balaban J connectivity index is 1.57. The van der Waals surface area contributed by atoms with Crippen molar-refractivity contribution in [3.63, 3.8) is 0 Å². The molecule has 0 saturated carbocycles. The van der Waals surface area contributed by atoms with E-state index in [1.807, 2.05) is 36.4 Å². The van der Waals surface area contributed by atoms with Crippen molar-refractivity contribution < 1.29 is 14.3 Å². The summed E-state index contributed by atoms with van der Waals surface area (Å²) in [5.41, 5.74) is 4.23. The van der Waals surface area contributed by atoms with E-state index in [-0.39, 0.29) is 11.8 Å². The Bertz CT molecular complexity index is 1060. The minimum Gasteiger partial charge on any atom is -0.481 e. The molecule has 0 fully saturated rings. The third-order valence-electron chi connectivity index (χ3n) is 4.65. The number of ether oxygens (including phenoxy) is 1. The quantitative estimate of drug-likeness (QED) is 0.735. The number of rotatable bonds is 4. The number of carbonyl (C=O) groups is 2. The number of nitrogens with zero attached hydrogens (tertiary/aromatic N) is 1. The highest BCUT2D eigenvalue weighted by atomic mass is 16.5. The minimum atomic E-state index is -0.249. The molecule has 2 amide bonds. The molecule has 6 heteroatoms. The van der Waals surface area contributed by atoms with E-state index in [1.165, 1.54) is 0 Å². The normalized spacial score (nSPS) is 12.7. The van der Waals surface area contributed by atoms with Crippen molar-refractivity contribution in [3.8, 4) is 17.1 Å². The largest absolute Gasteiger partial charge is 0.481 e. The van der Waals surface area contributed by atoms with Crippen LogP contribution in [-0.4, -0.2) is 30.5 Å². The molecule has 2 N–H and O–H groups in total. The number of amides is 2. The summed E-state index contributed by atoms with van der Waals surface area (Å²) in [6.07, 6.45) is 0.797. The molecule has 0 unspecified atom stereocenters. The third kappa shape index (κ3) is 3.57. The molecular weight excluding hydrogens is 354 g/mol. The standard InChI is InChI=1S/C22H19N3O3/c1-28-20-7-3-6-19(25-20)15-4-2-5-16(12-15)21(26)24-17-9-8-14-10-11-23-22(27)18(14)13-17/h2-9,12-13H,10-11H2,1H3,(H,23,27)(H,24,26). The van der Waals surface area contributed by atoms with Gasteiger partial charge in [-0.2, -0.15) is 0 Å². The Hall–Kier alpha value is -3.67. The summed E-state index contributed by atoms with van der Waals surface area (Å²) < 4.78 is 5.16. The van der Waals surface area contributed by atoms with Gasteiger partial charge >= 0.3 is 0 Å². The van der Waals surface area contributed by atoms with Gasteiger partial charge in [-0.1, -0.05) is 24.3 Å². The maximum Gasteiger partial charge on any atom is 0.255 e. The number of nitrogens with one attached hydrogen (secondary N) is 2. The Labute approximate surface area is 162 Å². The molecule has 0 radical (unpaired) electrons. The number of fused-ring (bicyclic) bond motifs is 1. The molecule has 4 rings (SSSR count). The van der Waals surface area contributed by atoms with Crippen molar-refractivity contribution in [2.75, 3.05) is 19.0 Å². The number of anilines is 1. The monoisotopic (exact) mass is 373 g/mol. The summed E-state index contributed by atoms with van der Waals surface area (Å²) in [6, 6.07) is 18.1. The summed E-state index contributed by atoms with van der Waals surface area (Å²) >= 11 is 0. The molecule has 0 spiro atoms. The summed E-state index contributed by atoms with van der Waals surface area (Å²) in [7, 11) is 1.56. The summed E-state index contributed by atoms with van der Waals surface area (Å²) in [6.45, 7) is 0.642. The van der Waals surface area contributed by atoms with Gasteiger partial charge in [0.15, 0.2) is 0 Å². The second kappa shape index (κ2) is 7.52. The van der Waals surface area contributed by atoms with Crippen LogP contribution in [0.5, 0.6) is 5.88 Å². The lowest BCUT2D eigenvalue weighted by Gasteiger charge is -2.17. The van der Waals surface area contributed by atoms with Gasteiger partial charge in [-0.3, -0.25) is 9.59 Å². The van der Waals surface area contributed by atoms with Crippen LogP contribution in [-0.2, 0) is 6.42 Å². The summed E-state index contributed by atoms with van der Waals surface area (Å²) in [5.74, 6) is 0.157. The molecular formula is C22H19N3O3. The van der Waals surface area contributed by atoms with E-state index >= 15 is 0 Å². The highest BCUT2D eigenvalue weighted by Crippen LogP contribution is 2.23. The van der Waals surface area contributed by atoms with Crippen LogP contribution in [0.4, 0.5) is 5.69 Å². The zero-order valence-electron chi connectivity index (χ0n) is 15.4. The predicted molar refractivity (Wildman–Crippen MR) is 107 cm³/mol. The van der Waals surface area contributed by atoms with Gasteiger partial charge in [0.1, 0.15) is 0 Å². The highest BCUT2D eigenvalue weighted by molar-refractivity contribution is 6.06. The number of aromatic nitrogens is 1. The second-order valence-electron chi connectivity index (χ2n) is 6.48. The van der Waals surface area contributed by atoms with E-state index in [4.69, 9.17) is 4.74 Å². The number of methoxy groups -OCH3 is 1. The van der Waals surface area contributed by atoms with Crippen LogP contribution in [0.2, 0.25) is 0 Å². The van der Waals surface area contributed by atoms with Crippen molar-refractivity contribution >= 4 is 17.5 Å². The first kappa shape index (κ1) is 17.7. The third-order valence-corrected chi connectivity index (χ3v) is 4.65. The summed E-state index contributed by atoms with van der Waals surface area (Å²) in [5, 5.41) is 5.68. The van der Waals surface area contributed by atoms with E-state index in [0.29, 0.717) is 29.2 Å².